The van der Waals surface area contributed by atoms with E-state index in [9.17, 15) is 4.79 Å². The van der Waals surface area contributed by atoms with E-state index < -0.39 is 0 Å². The highest BCUT2D eigenvalue weighted by Gasteiger charge is 2.27. The van der Waals surface area contributed by atoms with Gasteiger partial charge in [-0.25, -0.2) is 0 Å². The molecule has 2 aromatic rings. The molecule has 3 rings (SSSR count). The van der Waals surface area contributed by atoms with Crippen molar-refractivity contribution in [3.63, 3.8) is 0 Å². The van der Waals surface area contributed by atoms with Gasteiger partial charge >= 0.3 is 0 Å². The molecular weight excluding hydrogens is 352 g/mol. The van der Waals surface area contributed by atoms with Crippen LogP contribution in [0.15, 0.2) is 22.7 Å². The molecule has 1 amide bonds. The van der Waals surface area contributed by atoms with Gasteiger partial charge in [0.05, 0.1) is 11.8 Å². The summed E-state index contributed by atoms with van der Waals surface area (Å²) >= 11 is 4.93. The smallest absolute Gasteiger partial charge is 0.263 e. The number of carbonyl (C=O) groups is 1. The molecule has 1 aromatic heterocycles. The number of nitrogen functional groups attached to an aromatic ring is 1. The maximum absolute atomic E-state index is 12.5. The van der Waals surface area contributed by atoms with Crippen LogP contribution >= 0.6 is 27.3 Å². The minimum atomic E-state index is -0.0812. The number of rotatable bonds is 3. The Morgan fingerprint density at radius 3 is 2.95 bits per heavy atom. The largest absolute Gasteiger partial charge is 0.397 e. The van der Waals surface area contributed by atoms with Gasteiger partial charge in [-0.3, -0.25) is 4.79 Å². The summed E-state index contributed by atoms with van der Waals surface area (Å²) < 4.78 is 7.28. The number of nitrogens with one attached hydrogen (secondary N) is 1. The molecule has 1 fully saturated rings. The van der Waals surface area contributed by atoms with E-state index in [2.05, 4.69) is 21.2 Å². The molecule has 0 aliphatic heterocycles. The Kier molecular flexibility index (Phi) is 4.19. The van der Waals surface area contributed by atoms with E-state index in [-0.39, 0.29) is 18.1 Å². The zero-order chi connectivity index (χ0) is 15.0. The number of benzene rings is 1. The van der Waals surface area contributed by atoms with Crippen LogP contribution in [0.5, 0.6) is 0 Å². The van der Waals surface area contributed by atoms with E-state index in [1.807, 2.05) is 18.2 Å². The number of halogens is 1. The Balaban J connectivity index is 1.82. The van der Waals surface area contributed by atoms with Crippen molar-refractivity contribution >= 4 is 48.9 Å². The van der Waals surface area contributed by atoms with Gasteiger partial charge in [-0.2, -0.15) is 0 Å². The summed E-state index contributed by atoms with van der Waals surface area (Å²) in [5.74, 6) is -0.0812. The zero-order valence-corrected chi connectivity index (χ0v) is 14.1. The van der Waals surface area contributed by atoms with Crippen LogP contribution in [0.25, 0.3) is 10.1 Å². The van der Waals surface area contributed by atoms with E-state index >= 15 is 0 Å². The number of amides is 1. The predicted octanol–water partition coefficient (Wildman–Crippen LogP) is 3.54. The summed E-state index contributed by atoms with van der Waals surface area (Å²) in [4.78, 5) is 13.1. The van der Waals surface area contributed by atoms with Crippen LogP contribution in [0.2, 0.25) is 0 Å². The van der Waals surface area contributed by atoms with Crippen molar-refractivity contribution in [2.45, 2.75) is 31.4 Å². The van der Waals surface area contributed by atoms with E-state index in [4.69, 9.17) is 10.5 Å². The van der Waals surface area contributed by atoms with Crippen LogP contribution in [-0.2, 0) is 4.74 Å². The number of hydrogen-bond donors (Lipinski definition) is 2. The van der Waals surface area contributed by atoms with E-state index in [1.165, 1.54) is 11.3 Å². The number of nitrogens with two attached hydrogens (primary N) is 1. The fourth-order valence-electron chi connectivity index (χ4n) is 2.83. The standard InChI is InChI=1S/C15H17BrN2O2S/c1-20-9-6-5-8(7-9)18-15(19)14-13(17)12-10(16)3-2-4-11(12)21-14/h2-4,8-9H,5-7,17H2,1H3,(H,18,19). The lowest BCUT2D eigenvalue weighted by Crippen LogP contribution is -2.33. The highest BCUT2D eigenvalue weighted by Crippen LogP contribution is 2.38. The van der Waals surface area contributed by atoms with Crippen LogP contribution in [-0.4, -0.2) is 25.2 Å². The van der Waals surface area contributed by atoms with Crippen molar-refractivity contribution in [2.24, 2.45) is 0 Å². The Morgan fingerprint density at radius 1 is 1.48 bits per heavy atom. The Hall–Kier alpha value is -1.11. The number of methoxy groups -OCH3 is 1. The van der Waals surface area contributed by atoms with Gasteiger partial charge in [-0.1, -0.05) is 22.0 Å². The molecular formula is C15H17BrN2O2S. The first kappa shape index (κ1) is 14.8. The molecule has 4 nitrogen and oxygen atoms in total. The number of fused-ring (bicyclic) bond motifs is 1. The molecule has 0 spiro atoms. The molecule has 2 atom stereocenters. The summed E-state index contributed by atoms with van der Waals surface area (Å²) in [5, 5.41) is 4.00. The molecule has 1 aromatic carbocycles. The molecule has 1 saturated carbocycles. The lowest BCUT2D eigenvalue weighted by molar-refractivity contribution is 0.0919. The van der Waals surface area contributed by atoms with Crippen LogP contribution in [0.3, 0.4) is 0 Å². The second-order valence-electron chi connectivity index (χ2n) is 5.30. The van der Waals surface area contributed by atoms with Gasteiger partial charge in [0, 0.05) is 27.7 Å². The Bertz CT molecular complexity index is 686. The van der Waals surface area contributed by atoms with Crippen molar-refractivity contribution in [2.75, 3.05) is 12.8 Å². The SMILES string of the molecule is COC1CCC(NC(=O)c2sc3cccc(Br)c3c2N)C1. The monoisotopic (exact) mass is 368 g/mol. The van der Waals surface area contributed by atoms with E-state index in [0.717, 1.165) is 33.8 Å². The third-order valence-corrected chi connectivity index (χ3v) is 5.79. The summed E-state index contributed by atoms with van der Waals surface area (Å²) in [6, 6.07) is 6.04. The molecule has 0 saturated heterocycles. The van der Waals surface area contributed by atoms with Crippen molar-refractivity contribution in [1.82, 2.24) is 5.32 Å². The second-order valence-corrected chi connectivity index (χ2v) is 7.21. The molecule has 3 N–H and O–H groups in total. The lowest BCUT2D eigenvalue weighted by Gasteiger charge is -2.12. The van der Waals surface area contributed by atoms with Crippen molar-refractivity contribution < 1.29 is 9.53 Å². The quantitative estimate of drug-likeness (QED) is 0.870. The second kappa shape index (κ2) is 5.94. The molecule has 2 unspecified atom stereocenters. The highest BCUT2D eigenvalue weighted by molar-refractivity contribution is 9.10. The van der Waals surface area contributed by atoms with Crippen molar-refractivity contribution in [3.8, 4) is 0 Å². The van der Waals surface area contributed by atoms with Crippen LogP contribution in [0.4, 0.5) is 5.69 Å². The predicted molar refractivity (Wildman–Crippen MR) is 89.8 cm³/mol. The third kappa shape index (κ3) is 2.80. The fraction of sp³-hybridized carbons (Fsp3) is 0.400. The average molecular weight is 369 g/mol. The van der Waals surface area contributed by atoms with Crippen molar-refractivity contribution in [1.29, 1.82) is 0 Å². The number of ether oxygens (including phenoxy) is 1. The fourth-order valence-corrected chi connectivity index (χ4v) is 4.60. The summed E-state index contributed by atoms with van der Waals surface area (Å²) in [7, 11) is 1.72. The van der Waals surface area contributed by atoms with Crippen LogP contribution in [0, 0.1) is 0 Å². The maximum Gasteiger partial charge on any atom is 0.263 e. The van der Waals surface area contributed by atoms with Crippen LogP contribution < -0.4 is 11.1 Å². The maximum atomic E-state index is 12.5. The normalized spacial score (nSPS) is 21.8. The Morgan fingerprint density at radius 2 is 2.29 bits per heavy atom. The summed E-state index contributed by atoms with van der Waals surface area (Å²) in [5.41, 5.74) is 6.72. The van der Waals surface area contributed by atoms with E-state index in [0.29, 0.717) is 10.6 Å². The highest BCUT2D eigenvalue weighted by atomic mass is 79.9. The van der Waals surface area contributed by atoms with Gasteiger partial charge in [0.15, 0.2) is 0 Å². The number of hydrogen-bond acceptors (Lipinski definition) is 4. The van der Waals surface area contributed by atoms with Crippen LogP contribution in [0.1, 0.15) is 28.9 Å². The summed E-state index contributed by atoms with van der Waals surface area (Å²) in [6.07, 6.45) is 3.08. The molecule has 0 bridgehead atoms. The van der Waals surface area contributed by atoms with E-state index in [1.54, 1.807) is 7.11 Å². The average Bonchev–Trinajstić information content (AvgIpc) is 3.04. The first-order valence-corrected chi connectivity index (χ1v) is 8.51. The first-order chi connectivity index (χ1) is 10.1. The van der Waals surface area contributed by atoms with Gasteiger partial charge in [-0.05, 0) is 31.4 Å². The van der Waals surface area contributed by atoms with Gasteiger partial charge in [0.1, 0.15) is 4.88 Å². The summed E-state index contributed by atoms with van der Waals surface area (Å²) in [6.45, 7) is 0. The van der Waals surface area contributed by atoms with Gasteiger partial charge in [0.25, 0.3) is 5.91 Å². The molecule has 1 heterocycles. The first-order valence-electron chi connectivity index (χ1n) is 6.90. The zero-order valence-electron chi connectivity index (χ0n) is 11.7. The molecule has 21 heavy (non-hydrogen) atoms. The van der Waals surface area contributed by atoms with Gasteiger partial charge in [-0.15, -0.1) is 11.3 Å². The minimum Gasteiger partial charge on any atom is -0.397 e. The minimum absolute atomic E-state index is 0.0812. The number of anilines is 1. The van der Waals surface area contributed by atoms with Crippen molar-refractivity contribution in [3.05, 3.63) is 27.5 Å². The van der Waals surface area contributed by atoms with Gasteiger partial charge < -0.3 is 15.8 Å². The molecule has 1 aliphatic carbocycles. The Labute approximate surface area is 135 Å². The number of thiophene rings is 1. The third-order valence-electron chi connectivity index (χ3n) is 3.96. The van der Waals surface area contributed by atoms with Gasteiger partial charge in [0.2, 0.25) is 0 Å². The lowest BCUT2D eigenvalue weighted by atomic mass is 10.2. The molecule has 6 heteroatoms. The molecule has 112 valence electrons. The number of carbonyl (C=O) groups excluding carboxylic acids is 1. The molecule has 0 radical (unpaired) electrons. The molecule has 1 aliphatic rings. The topological polar surface area (TPSA) is 64.3 Å².